The van der Waals surface area contributed by atoms with Gasteiger partial charge < -0.3 is 15.3 Å². The van der Waals surface area contributed by atoms with Crippen molar-refractivity contribution in [1.82, 2.24) is 10.2 Å². The van der Waals surface area contributed by atoms with E-state index in [-0.39, 0.29) is 18.6 Å². The first-order valence-corrected chi connectivity index (χ1v) is 7.89. The Hall–Kier alpha value is -2.33. The summed E-state index contributed by atoms with van der Waals surface area (Å²) in [5.74, 6) is 0.213. The summed E-state index contributed by atoms with van der Waals surface area (Å²) >= 11 is 0. The van der Waals surface area contributed by atoms with Gasteiger partial charge in [-0.05, 0) is 17.5 Å². The lowest BCUT2D eigenvalue weighted by molar-refractivity contribution is 0.190. The summed E-state index contributed by atoms with van der Waals surface area (Å²) in [6, 6.07) is 20.4. The van der Waals surface area contributed by atoms with Crippen LogP contribution in [0.25, 0.3) is 0 Å². The van der Waals surface area contributed by atoms with Gasteiger partial charge in [0.25, 0.3) is 0 Å². The second-order valence-corrected chi connectivity index (χ2v) is 5.63. The van der Waals surface area contributed by atoms with E-state index in [1.165, 1.54) is 16.0 Å². The minimum atomic E-state index is -0.159. The van der Waals surface area contributed by atoms with Crippen molar-refractivity contribution in [2.24, 2.45) is 0 Å². The summed E-state index contributed by atoms with van der Waals surface area (Å²) in [4.78, 5) is 13.5. The van der Waals surface area contributed by atoms with Crippen molar-refractivity contribution < 1.29 is 9.90 Å². The van der Waals surface area contributed by atoms with Gasteiger partial charge in [0.2, 0.25) is 0 Å². The fourth-order valence-corrected chi connectivity index (χ4v) is 2.53. The molecule has 4 nitrogen and oxygen atoms in total. The number of carbonyl (C=O) groups excluding carboxylic acids is 1. The van der Waals surface area contributed by atoms with E-state index in [9.17, 15) is 4.79 Å². The Morgan fingerprint density at radius 3 is 2.30 bits per heavy atom. The molecule has 0 aliphatic rings. The zero-order valence-electron chi connectivity index (χ0n) is 13.5. The van der Waals surface area contributed by atoms with Crippen LogP contribution >= 0.6 is 0 Å². The maximum Gasteiger partial charge on any atom is 0.317 e. The van der Waals surface area contributed by atoms with Crippen molar-refractivity contribution in [3.05, 3.63) is 71.8 Å². The third kappa shape index (κ3) is 5.42. The van der Waals surface area contributed by atoms with Crippen molar-refractivity contribution in [2.45, 2.75) is 12.3 Å². The van der Waals surface area contributed by atoms with E-state index < -0.39 is 0 Å². The van der Waals surface area contributed by atoms with Crippen LogP contribution in [0, 0.1) is 0 Å². The summed E-state index contributed by atoms with van der Waals surface area (Å²) in [5.41, 5.74) is 2.46. The molecule has 0 spiro atoms. The number of nitrogens with zero attached hydrogens (tertiary/aromatic N) is 1. The second kappa shape index (κ2) is 8.96. The molecule has 0 saturated carbocycles. The van der Waals surface area contributed by atoms with Crippen molar-refractivity contribution in [3.63, 3.8) is 0 Å². The highest BCUT2D eigenvalue weighted by atomic mass is 16.3. The summed E-state index contributed by atoms with van der Waals surface area (Å²) < 4.78 is 0. The fourth-order valence-electron chi connectivity index (χ4n) is 2.53. The monoisotopic (exact) mass is 312 g/mol. The van der Waals surface area contributed by atoms with Crippen LogP contribution in [0.4, 0.5) is 4.79 Å². The molecule has 0 aliphatic carbocycles. The Balaban J connectivity index is 2.04. The molecule has 122 valence electrons. The number of nitrogens with one attached hydrogen (secondary N) is 1. The molecule has 0 aliphatic heterocycles. The number of amides is 2. The topological polar surface area (TPSA) is 52.6 Å². The Kier molecular flexibility index (Phi) is 6.63. The molecule has 1 atom stereocenters. The molecular formula is C19H24N2O2. The maximum absolute atomic E-state index is 12.0. The van der Waals surface area contributed by atoms with E-state index in [1.54, 1.807) is 7.05 Å². The number of hydrogen-bond acceptors (Lipinski definition) is 2. The van der Waals surface area contributed by atoms with E-state index in [2.05, 4.69) is 29.6 Å². The van der Waals surface area contributed by atoms with Gasteiger partial charge in [-0.2, -0.15) is 0 Å². The number of urea groups is 1. The van der Waals surface area contributed by atoms with Crippen LogP contribution in [0.3, 0.4) is 0 Å². The van der Waals surface area contributed by atoms with Gasteiger partial charge in [-0.3, -0.25) is 0 Å². The maximum atomic E-state index is 12.0. The Labute approximate surface area is 137 Å². The first kappa shape index (κ1) is 17.0. The first-order chi connectivity index (χ1) is 11.2. The summed E-state index contributed by atoms with van der Waals surface area (Å²) in [6.07, 6.45) is 0.870. The molecule has 0 bridgehead atoms. The van der Waals surface area contributed by atoms with E-state index in [0.717, 1.165) is 6.42 Å². The van der Waals surface area contributed by atoms with Crippen molar-refractivity contribution in [3.8, 4) is 0 Å². The molecule has 2 N–H and O–H groups in total. The normalized spacial score (nSPS) is 11.7. The predicted molar refractivity (Wildman–Crippen MR) is 92.4 cm³/mol. The molecule has 0 aromatic heterocycles. The Morgan fingerprint density at radius 1 is 1.09 bits per heavy atom. The number of carbonyl (C=O) groups is 1. The van der Waals surface area contributed by atoms with Crippen LogP contribution in [0.1, 0.15) is 17.0 Å². The number of likely N-dealkylation sites (N-methyl/N-ethyl adjacent to an activating group) is 1. The molecule has 0 fully saturated rings. The van der Waals surface area contributed by atoms with Gasteiger partial charge in [0.1, 0.15) is 0 Å². The third-order valence-corrected chi connectivity index (χ3v) is 3.88. The highest BCUT2D eigenvalue weighted by molar-refractivity contribution is 5.73. The number of benzene rings is 2. The largest absolute Gasteiger partial charge is 0.395 e. The highest BCUT2D eigenvalue weighted by Crippen LogP contribution is 2.20. The molecule has 2 aromatic carbocycles. The number of hydrogen-bond donors (Lipinski definition) is 2. The van der Waals surface area contributed by atoms with Crippen LogP contribution < -0.4 is 5.32 Å². The second-order valence-electron chi connectivity index (χ2n) is 5.63. The average molecular weight is 312 g/mol. The van der Waals surface area contributed by atoms with E-state index >= 15 is 0 Å². The molecule has 1 unspecified atom stereocenters. The van der Waals surface area contributed by atoms with Crippen LogP contribution in [-0.2, 0) is 6.42 Å². The van der Waals surface area contributed by atoms with Gasteiger partial charge in [0.05, 0.1) is 6.61 Å². The molecule has 2 rings (SSSR count). The summed E-state index contributed by atoms with van der Waals surface area (Å²) in [7, 11) is 1.68. The van der Waals surface area contributed by atoms with Gasteiger partial charge in [0.15, 0.2) is 0 Å². The van der Waals surface area contributed by atoms with Crippen LogP contribution in [0.5, 0.6) is 0 Å². The van der Waals surface area contributed by atoms with Gasteiger partial charge >= 0.3 is 6.03 Å². The van der Waals surface area contributed by atoms with Crippen LogP contribution in [-0.4, -0.2) is 42.8 Å². The molecule has 23 heavy (non-hydrogen) atoms. The number of aliphatic hydroxyl groups is 1. The molecule has 0 saturated heterocycles. The fraction of sp³-hybridized carbons (Fsp3) is 0.316. The first-order valence-electron chi connectivity index (χ1n) is 7.89. The van der Waals surface area contributed by atoms with Gasteiger partial charge in [-0.25, -0.2) is 4.79 Å². The predicted octanol–water partition coefficient (Wildman–Crippen LogP) is 2.65. The van der Waals surface area contributed by atoms with E-state index in [4.69, 9.17) is 5.11 Å². The summed E-state index contributed by atoms with van der Waals surface area (Å²) in [5, 5.41) is 11.9. The van der Waals surface area contributed by atoms with Crippen LogP contribution in [0.15, 0.2) is 60.7 Å². The Morgan fingerprint density at radius 2 is 1.70 bits per heavy atom. The summed E-state index contributed by atoms with van der Waals surface area (Å²) in [6.45, 7) is 0.865. The minimum absolute atomic E-state index is 0.0317. The molecule has 0 radical (unpaired) electrons. The van der Waals surface area contributed by atoms with E-state index in [0.29, 0.717) is 13.1 Å². The quantitative estimate of drug-likeness (QED) is 0.826. The van der Waals surface area contributed by atoms with E-state index in [1.807, 2.05) is 36.4 Å². The lowest BCUT2D eigenvalue weighted by atomic mass is 9.92. The zero-order chi connectivity index (χ0) is 16.5. The zero-order valence-corrected chi connectivity index (χ0v) is 13.5. The molecule has 0 heterocycles. The molecule has 2 amide bonds. The SMILES string of the molecule is CN(CCO)C(=O)NCC(Cc1ccccc1)c1ccccc1. The molecule has 4 heteroatoms. The lowest BCUT2D eigenvalue weighted by Crippen LogP contribution is -2.40. The van der Waals surface area contributed by atoms with Crippen molar-refractivity contribution in [2.75, 3.05) is 26.7 Å². The average Bonchev–Trinajstić information content (AvgIpc) is 2.60. The Bertz CT molecular complexity index is 587. The molecular weight excluding hydrogens is 288 g/mol. The third-order valence-electron chi connectivity index (χ3n) is 3.88. The van der Waals surface area contributed by atoms with Gasteiger partial charge in [-0.1, -0.05) is 60.7 Å². The van der Waals surface area contributed by atoms with Crippen LogP contribution in [0.2, 0.25) is 0 Å². The van der Waals surface area contributed by atoms with Gasteiger partial charge in [-0.15, -0.1) is 0 Å². The smallest absolute Gasteiger partial charge is 0.317 e. The van der Waals surface area contributed by atoms with Gasteiger partial charge in [0, 0.05) is 26.1 Å². The standard InChI is InChI=1S/C19H24N2O2/c1-21(12-13-22)19(23)20-15-18(17-10-6-3-7-11-17)14-16-8-4-2-5-9-16/h2-11,18,22H,12-15H2,1H3,(H,20,23). The number of aliphatic hydroxyl groups excluding tert-OH is 1. The number of rotatable bonds is 7. The lowest BCUT2D eigenvalue weighted by Gasteiger charge is -2.21. The molecule has 2 aromatic rings. The minimum Gasteiger partial charge on any atom is -0.395 e. The van der Waals surface area contributed by atoms with Crippen molar-refractivity contribution in [1.29, 1.82) is 0 Å². The highest BCUT2D eigenvalue weighted by Gasteiger charge is 2.15. The van der Waals surface area contributed by atoms with Crippen molar-refractivity contribution >= 4 is 6.03 Å².